The SMILES string of the molecule is O=S(=O)(Cc1c(Cl)cccc1Cl)Nc1ccc(I)cc1. The van der Waals surface area contributed by atoms with Crippen molar-refractivity contribution in [3.05, 3.63) is 61.6 Å². The first-order chi connectivity index (χ1) is 9.37. The smallest absolute Gasteiger partial charge is 0.237 e. The summed E-state index contributed by atoms with van der Waals surface area (Å²) in [5, 5.41) is 0.677. The van der Waals surface area contributed by atoms with E-state index in [1.165, 1.54) is 0 Å². The molecule has 0 amide bonds. The molecule has 0 radical (unpaired) electrons. The van der Waals surface area contributed by atoms with E-state index in [4.69, 9.17) is 23.2 Å². The van der Waals surface area contributed by atoms with Gasteiger partial charge in [0.1, 0.15) is 0 Å². The van der Waals surface area contributed by atoms with E-state index in [2.05, 4.69) is 27.3 Å². The fourth-order valence-electron chi connectivity index (χ4n) is 1.59. The van der Waals surface area contributed by atoms with Gasteiger partial charge in [-0.15, -0.1) is 0 Å². The van der Waals surface area contributed by atoms with E-state index in [-0.39, 0.29) is 5.75 Å². The number of nitrogens with one attached hydrogen (secondary N) is 1. The van der Waals surface area contributed by atoms with E-state index in [0.29, 0.717) is 21.3 Å². The predicted octanol–water partition coefficient (Wildman–Crippen LogP) is 4.54. The van der Waals surface area contributed by atoms with Gasteiger partial charge in [0, 0.05) is 24.9 Å². The summed E-state index contributed by atoms with van der Waals surface area (Å²) in [6.07, 6.45) is 0. The molecule has 0 aliphatic rings. The molecule has 0 spiro atoms. The second-order valence-corrected chi connectivity index (χ2v) is 7.85. The quantitative estimate of drug-likeness (QED) is 0.708. The van der Waals surface area contributed by atoms with Crippen LogP contribution in [-0.4, -0.2) is 8.42 Å². The van der Waals surface area contributed by atoms with Crippen molar-refractivity contribution in [3.8, 4) is 0 Å². The Morgan fingerprint density at radius 2 is 1.55 bits per heavy atom. The number of hydrogen-bond donors (Lipinski definition) is 1. The molecule has 0 unspecified atom stereocenters. The normalized spacial score (nSPS) is 11.3. The number of benzene rings is 2. The maximum Gasteiger partial charge on any atom is 0.237 e. The van der Waals surface area contributed by atoms with Crippen LogP contribution in [0.3, 0.4) is 0 Å². The van der Waals surface area contributed by atoms with E-state index < -0.39 is 10.0 Å². The minimum absolute atomic E-state index is 0.266. The molecule has 0 saturated heterocycles. The lowest BCUT2D eigenvalue weighted by molar-refractivity contribution is 0.600. The first-order valence-corrected chi connectivity index (χ1v) is 9.05. The molecule has 0 aliphatic carbocycles. The minimum atomic E-state index is -3.57. The average molecular weight is 442 g/mol. The Hall–Kier alpha value is -0.500. The maximum atomic E-state index is 12.1. The summed E-state index contributed by atoms with van der Waals surface area (Å²) in [6, 6.07) is 11.9. The zero-order valence-electron chi connectivity index (χ0n) is 10.1. The molecule has 0 aliphatic heterocycles. The highest BCUT2D eigenvalue weighted by molar-refractivity contribution is 14.1. The molecule has 0 bridgehead atoms. The van der Waals surface area contributed by atoms with Crippen molar-refractivity contribution in [3.63, 3.8) is 0 Å². The lowest BCUT2D eigenvalue weighted by Crippen LogP contribution is -2.15. The van der Waals surface area contributed by atoms with Gasteiger partial charge >= 0.3 is 0 Å². The lowest BCUT2D eigenvalue weighted by Gasteiger charge is -2.10. The van der Waals surface area contributed by atoms with E-state index in [1.807, 2.05) is 12.1 Å². The second kappa shape index (κ2) is 6.51. The molecule has 2 rings (SSSR count). The number of rotatable bonds is 4. The standard InChI is InChI=1S/C13H10Cl2INO2S/c14-12-2-1-3-13(15)11(12)8-20(18,19)17-10-6-4-9(16)5-7-10/h1-7,17H,8H2. The first kappa shape index (κ1) is 15.9. The van der Waals surface area contributed by atoms with Crippen LogP contribution in [-0.2, 0) is 15.8 Å². The van der Waals surface area contributed by atoms with Crippen LogP contribution in [0.4, 0.5) is 5.69 Å². The summed E-state index contributed by atoms with van der Waals surface area (Å²) >= 11 is 14.1. The van der Waals surface area contributed by atoms with Gasteiger partial charge in [-0.2, -0.15) is 0 Å². The molecule has 1 N–H and O–H groups in total. The van der Waals surface area contributed by atoms with E-state index in [0.717, 1.165) is 3.57 Å². The highest BCUT2D eigenvalue weighted by atomic mass is 127. The Morgan fingerprint density at radius 1 is 1.00 bits per heavy atom. The molecule has 2 aromatic rings. The van der Waals surface area contributed by atoms with Gasteiger partial charge in [0.25, 0.3) is 0 Å². The van der Waals surface area contributed by atoms with Crippen LogP contribution in [0.1, 0.15) is 5.56 Å². The number of halogens is 3. The van der Waals surface area contributed by atoms with Gasteiger partial charge in [0.15, 0.2) is 0 Å². The van der Waals surface area contributed by atoms with Crippen molar-refractivity contribution in [2.24, 2.45) is 0 Å². The number of hydrogen-bond acceptors (Lipinski definition) is 2. The van der Waals surface area contributed by atoms with Gasteiger partial charge < -0.3 is 0 Å². The molecule has 0 fully saturated rings. The highest BCUT2D eigenvalue weighted by Crippen LogP contribution is 2.26. The van der Waals surface area contributed by atoms with Crippen molar-refractivity contribution in [2.75, 3.05) is 4.72 Å². The molecule has 0 aromatic heterocycles. The summed E-state index contributed by atoms with van der Waals surface area (Å²) in [5.41, 5.74) is 0.905. The van der Waals surface area contributed by atoms with Gasteiger partial charge in [0.2, 0.25) is 10.0 Å². The summed E-state index contributed by atoms with van der Waals surface area (Å²) < 4.78 is 27.8. The fourth-order valence-corrected chi connectivity index (χ4v) is 3.90. The Labute approximate surface area is 141 Å². The van der Waals surface area contributed by atoms with Crippen LogP contribution < -0.4 is 4.72 Å². The molecule has 7 heteroatoms. The zero-order chi connectivity index (χ0) is 14.8. The number of anilines is 1. The molecule has 3 nitrogen and oxygen atoms in total. The van der Waals surface area contributed by atoms with Gasteiger partial charge in [-0.25, -0.2) is 8.42 Å². The Balaban J connectivity index is 2.21. The molecule has 20 heavy (non-hydrogen) atoms. The minimum Gasteiger partial charge on any atom is -0.283 e. The molecule has 0 heterocycles. The van der Waals surface area contributed by atoms with Crippen LogP contribution in [0.5, 0.6) is 0 Å². The lowest BCUT2D eigenvalue weighted by atomic mass is 10.2. The van der Waals surface area contributed by atoms with Crippen molar-refractivity contribution < 1.29 is 8.42 Å². The average Bonchev–Trinajstić information content (AvgIpc) is 2.37. The summed E-state index contributed by atoms with van der Waals surface area (Å²) in [7, 11) is -3.57. The Kier molecular flexibility index (Phi) is 5.17. The zero-order valence-corrected chi connectivity index (χ0v) is 14.6. The number of sulfonamides is 1. The maximum absolute atomic E-state index is 12.1. The van der Waals surface area contributed by atoms with Crippen molar-refractivity contribution in [2.45, 2.75) is 5.75 Å². The fraction of sp³-hybridized carbons (Fsp3) is 0.0769. The molecule has 2 aromatic carbocycles. The summed E-state index contributed by atoms with van der Waals surface area (Å²) in [5.74, 6) is -0.266. The summed E-state index contributed by atoms with van der Waals surface area (Å²) in [6.45, 7) is 0. The van der Waals surface area contributed by atoms with E-state index in [9.17, 15) is 8.42 Å². The second-order valence-electron chi connectivity index (χ2n) is 4.07. The molecular weight excluding hydrogens is 432 g/mol. The van der Waals surface area contributed by atoms with Crippen LogP contribution in [0.2, 0.25) is 10.0 Å². The third-order valence-corrected chi connectivity index (χ3v) is 5.16. The van der Waals surface area contributed by atoms with Crippen molar-refractivity contribution in [1.82, 2.24) is 0 Å². The third kappa shape index (κ3) is 4.25. The van der Waals surface area contributed by atoms with Gasteiger partial charge in [-0.05, 0) is 59.0 Å². The van der Waals surface area contributed by atoms with Crippen LogP contribution in [0.15, 0.2) is 42.5 Å². The highest BCUT2D eigenvalue weighted by Gasteiger charge is 2.16. The van der Waals surface area contributed by atoms with Gasteiger partial charge in [0.05, 0.1) is 5.75 Å². The van der Waals surface area contributed by atoms with Gasteiger partial charge in [-0.3, -0.25) is 4.72 Å². The van der Waals surface area contributed by atoms with Crippen molar-refractivity contribution >= 4 is 61.5 Å². The van der Waals surface area contributed by atoms with Crippen LogP contribution >= 0.6 is 45.8 Å². The Morgan fingerprint density at radius 3 is 2.10 bits per heavy atom. The molecule has 106 valence electrons. The van der Waals surface area contributed by atoms with Crippen LogP contribution in [0.25, 0.3) is 0 Å². The first-order valence-electron chi connectivity index (χ1n) is 5.56. The van der Waals surface area contributed by atoms with Gasteiger partial charge in [-0.1, -0.05) is 29.3 Å². The summed E-state index contributed by atoms with van der Waals surface area (Å²) in [4.78, 5) is 0. The topological polar surface area (TPSA) is 46.2 Å². The van der Waals surface area contributed by atoms with E-state index >= 15 is 0 Å². The third-order valence-electron chi connectivity index (χ3n) is 2.51. The van der Waals surface area contributed by atoms with Crippen molar-refractivity contribution in [1.29, 1.82) is 0 Å². The van der Waals surface area contributed by atoms with Crippen LogP contribution in [0, 0.1) is 3.57 Å². The monoisotopic (exact) mass is 441 g/mol. The largest absolute Gasteiger partial charge is 0.283 e. The predicted molar refractivity (Wildman–Crippen MR) is 91.9 cm³/mol. The molecule has 0 atom stereocenters. The Bertz CT molecular complexity index is 697. The molecular formula is C13H10Cl2INO2S. The molecule has 0 saturated carbocycles. The van der Waals surface area contributed by atoms with E-state index in [1.54, 1.807) is 30.3 Å².